The number of aliphatic imine (C=N–C) groups is 1. The van der Waals surface area contributed by atoms with E-state index in [4.69, 9.17) is 4.30 Å². The Bertz CT molecular complexity index is 95.5. The van der Waals surface area contributed by atoms with E-state index in [2.05, 4.69) is 4.99 Å². The van der Waals surface area contributed by atoms with E-state index in [0.29, 0.717) is 6.54 Å². The van der Waals surface area contributed by atoms with Crippen LogP contribution in [0.2, 0.25) is 0 Å². The Morgan fingerprint density at radius 1 is 1.75 bits per heavy atom. The number of rotatable bonds is 2. The second-order valence-electron chi connectivity index (χ2n) is 0.973. The van der Waals surface area contributed by atoms with Gasteiger partial charge in [0.25, 0.3) is 0 Å². The van der Waals surface area contributed by atoms with Crippen LogP contribution >= 0.6 is 0 Å². The fraction of sp³-hybridized carbons (Fsp3) is 0.750. The molecule has 0 unspecified atom stereocenters. The number of hydrogen-bond donors (Lipinski definition) is 0. The molecular formula is C4H7NO2Si. The van der Waals surface area contributed by atoms with Crippen LogP contribution in [0.15, 0.2) is 4.99 Å². The standard InChI is InChI=1S/C4H7NO.OSi/c1-2-3-5-4-6;1-2/h2-3H2,1H3;. The van der Waals surface area contributed by atoms with Gasteiger partial charge in [0.15, 0.2) is 0 Å². The minimum atomic E-state index is 0.615. The third-order valence-corrected chi connectivity index (χ3v) is 0.400. The molecule has 0 N–H and O–H groups in total. The summed E-state index contributed by atoms with van der Waals surface area (Å²) in [5.74, 6) is 0. The average molecular weight is 129 g/mol. The molecule has 8 heavy (non-hydrogen) atoms. The fourth-order valence-corrected chi connectivity index (χ4v) is 0.157. The van der Waals surface area contributed by atoms with Gasteiger partial charge in [-0.05, 0) is 6.42 Å². The van der Waals surface area contributed by atoms with Crippen LogP contribution in [0.1, 0.15) is 13.3 Å². The van der Waals surface area contributed by atoms with Crippen molar-refractivity contribution in [1.29, 1.82) is 0 Å². The first-order valence-electron chi connectivity index (χ1n) is 2.16. The maximum atomic E-state index is 9.27. The molecule has 0 saturated heterocycles. The topological polar surface area (TPSA) is 49.3 Å². The first kappa shape index (κ1) is 10.5. The molecule has 0 spiro atoms. The summed E-state index contributed by atoms with van der Waals surface area (Å²) in [6.07, 6.45) is 2.37. The molecular weight excluding hydrogens is 122 g/mol. The maximum absolute atomic E-state index is 9.27. The number of carbonyl (C=O) groups excluding carboxylic acids is 1. The predicted molar refractivity (Wildman–Crippen MR) is 29.7 cm³/mol. The van der Waals surface area contributed by atoms with Crippen molar-refractivity contribution in [2.45, 2.75) is 13.3 Å². The second-order valence-corrected chi connectivity index (χ2v) is 0.973. The number of isocyanates is 1. The molecule has 44 valence electrons. The van der Waals surface area contributed by atoms with E-state index in [1.165, 1.54) is 6.08 Å². The van der Waals surface area contributed by atoms with Crippen molar-refractivity contribution in [3.05, 3.63) is 0 Å². The van der Waals surface area contributed by atoms with E-state index >= 15 is 0 Å². The van der Waals surface area contributed by atoms with Gasteiger partial charge in [0.2, 0.25) is 6.08 Å². The quantitative estimate of drug-likeness (QED) is 0.228. The molecule has 0 aromatic heterocycles. The molecule has 0 rings (SSSR count). The molecule has 0 fully saturated rings. The van der Waals surface area contributed by atoms with Crippen molar-refractivity contribution in [3.63, 3.8) is 0 Å². The van der Waals surface area contributed by atoms with Crippen molar-refractivity contribution in [2.75, 3.05) is 6.54 Å². The Labute approximate surface area is 51.0 Å². The van der Waals surface area contributed by atoms with Gasteiger partial charge in [-0.1, -0.05) is 6.92 Å². The van der Waals surface area contributed by atoms with Crippen LogP contribution < -0.4 is 0 Å². The first-order chi connectivity index (χ1) is 3.91. The minimum absolute atomic E-state index is 0.615. The molecule has 0 bridgehead atoms. The van der Waals surface area contributed by atoms with E-state index in [1.54, 1.807) is 9.98 Å². The average Bonchev–Trinajstić information content (AvgIpc) is 1.88. The molecule has 3 nitrogen and oxygen atoms in total. The predicted octanol–water partition coefficient (Wildman–Crippen LogP) is 0.233. The molecule has 0 aliphatic carbocycles. The molecule has 0 aromatic carbocycles. The summed E-state index contributed by atoms with van der Waals surface area (Å²) in [4.78, 5) is 12.6. The van der Waals surface area contributed by atoms with Crippen molar-refractivity contribution in [1.82, 2.24) is 0 Å². The molecule has 0 atom stereocenters. The SMILES string of the molecule is CCCN=C=O.[O+]#[Si-]. The van der Waals surface area contributed by atoms with E-state index in [0.717, 1.165) is 6.42 Å². The zero-order valence-electron chi connectivity index (χ0n) is 4.68. The van der Waals surface area contributed by atoms with Crippen LogP contribution in [0.25, 0.3) is 0 Å². The van der Waals surface area contributed by atoms with E-state index in [-0.39, 0.29) is 0 Å². The van der Waals surface area contributed by atoms with Crippen LogP contribution in [-0.4, -0.2) is 22.6 Å². The first-order valence-corrected chi connectivity index (χ1v) is 2.56. The third-order valence-electron chi connectivity index (χ3n) is 0.400. The molecule has 0 heterocycles. The third kappa shape index (κ3) is 17.7. The number of nitrogens with zero attached hydrogens (tertiary/aromatic N) is 1. The molecule has 0 saturated carbocycles. The molecule has 4 heteroatoms. The molecule has 0 aliphatic heterocycles. The summed E-state index contributed by atoms with van der Waals surface area (Å²) >= 11 is 0. The van der Waals surface area contributed by atoms with Crippen LogP contribution in [0, 0.1) is 0 Å². The van der Waals surface area contributed by atoms with Crippen molar-refractivity contribution in [2.24, 2.45) is 4.99 Å². The zero-order chi connectivity index (χ0) is 6.83. The van der Waals surface area contributed by atoms with Gasteiger partial charge in [-0.3, -0.25) is 0 Å². The van der Waals surface area contributed by atoms with Crippen molar-refractivity contribution >= 4 is 16.1 Å². The van der Waals surface area contributed by atoms with Crippen LogP contribution in [0.4, 0.5) is 0 Å². The molecule has 0 aliphatic rings. The monoisotopic (exact) mass is 129 g/mol. The summed E-state index contributed by atoms with van der Waals surface area (Å²) in [5, 5.41) is 0. The Balaban J connectivity index is 0. The van der Waals surface area contributed by atoms with Gasteiger partial charge < -0.3 is 0 Å². The van der Waals surface area contributed by atoms with Gasteiger partial charge in [-0.25, -0.2) is 9.79 Å². The second kappa shape index (κ2) is 16.0. The van der Waals surface area contributed by atoms with E-state index in [9.17, 15) is 4.79 Å². The summed E-state index contributed by atoms with van der Waals surface area (Å²) < 4.78 is 8.06. The Kier molecular flexibility index (Phi) is 21.0. The normalized spacial score (nSPS) is 5.38. The van der Waals surface area contributed by atoms with Gasteiger partial charge in [0, 0.05) is 0 Å². The molecule has 0 radical (unpaired) electrons. The summed E-state index contributed by atoms with van der Waals surface area (Å²) in [6, 6.07) is 0. The Morgan fingerprint density at radius 3 is 2.38 bits per heavy atom. The fourth-order valence-electron chi connectivity index (χ4n) is 0.157. The van der Waals surface area contributed by atoms with Crippen LogP contribution in [-0.2, 0) is 9.10 Å². The molecule has 0 amide bonds. The van der Waals surface area contributed by atoms with Crippen molar-refractivity contribution < 1.29 is 9.10 Å². The van der Waals surface area contributed by atoms with Crippen molar-refractivity contribution in [3.8, 4) is 0 Å². The molecule has 0 aromatic rings. The summed E-state index contributed by atoms with van der Waals surface area (Å²) in [5.41, 5.74) is 0. The summed E-state index contributed by atoms with van der Waals surface area (Å²) in [7, 11) is 1.72. The van der Waals surface area contributed by atoms with Gasteiger partial charge in [-0.2, -0.15) is 0 Å². The van der Waals surface area contributed by atoms with Gasteiger partial charge in [-0.15, -0.1) is 0 Å². The van der Waals surface area contributed by atoms with E-state index in [1.807, 2.05) is 6.92 Å². The zero-order valence-corrected chi connectivity index (χ0v) is 5.68. The van der Waals surface area contributed by atoms with Gasteiger partial charge in [0.05, 0.1) is 6.54 Å². The van der Waals surface area contributed by atoms with E-state index < -0.39 is 0 Å². The van der Waals surface area contributed by atoms with Gasteiger partial charge in [0.1, 0.15) is 0 Å². The Hall–Kier alpha value is -0.443. The number of hydrogen-bond acceptors (Lipinski definition) is 2. The Morgan fingerprint density at radius 2 is 2.25 bits per heavy atom. The van der Waals surface area contributed by atoms with Crippen LogP contribution in [0.3, 0.4) is 0 Å². The summed E-state index contributed by atoms with van der Waals surface area (Å²) in [6.45, 7) is 2.57. The van der Waals surface area contributed by atoms with Crippen LogP contribution in [0.5, 0.6) is 0 Å². The van der Waals surface area contributed by atoms with Gasteiger partial charge >= 0.3 is 14.3 Å².